The molecule has 1 amide bonds. The molecule has 1 unspecified atom stereocenters. The first-order valence-electron chi connectivity index (χ1n) is 6.92. The topological polar surface area (TPSA) is 112 Å². The zero-order chi connectivity index (χ0) is 16.8. The van der Waals surface area contributed by atoms with E-state index in [4.69, 9.17) is 22.7 Å². The molecule has 1 aromatic carbocycles. The molecule has 24 heavy (non-hydrogen) atoms. The van der Waals surface area contributed by atoms with E-state index in [2.05, 4.69) is 0 Å². The van der Waals surface area contributed by atoms with Gasteiger partial charge in [0.15, 0.2) is 0 Å². The molecule has 1 aromatic heterocycles. The molecule has 3 rings (SSSR count). The van der Waals surface area contributed by atoms with E-state index in [1.54, 1.807) is 35.0 Å². The number of benzene rings is 1. The number of carbonyl (C=O) groups is 1. The van der Waals surface area contributed by atoms with Crippen molar-refractivity contribution in [3.63, 3.8) is 0 Å². The fourth-order valence-electron chi connectivity index (χ4n) is 2.90. The standard InChI is InChI=1S/C15H16ClN3O3S.ClH/c16-9-7-11(15(18)20)14(17)19(8-9)12-5-6-23(21,22)13-4-2-1-3-10(12)13;/h1-4,7-8,12,17,21-22H,5-6H2,(H2,18,20);1H. The number of pyridine rings is 1. The van der Waals surface area contributed by atoms with Crippen LogP contribution in [0.25, 0.3) is 0 Å². The van der Waals surface area contributed by atoms with Crippen LogP contribution in [-0.4, -0.2) is 25.3 Å². The summed E-state index contributed by atoms with van der Waals surface area (Å²) in [6.07, 6.45) is 1.99. The van der Waals surface area contributed by atoms with Gasteiger partial charge in [0.05, 0.1) is 21.5 Å². The number of hydrogen-bond acceptors (Lipinski definition) is 4. The number of nitrogens with one attached hydrogen (secondary N) is 1. The molecular weight excluding hydrogens is 373 g/mol. The number of aromatic nitrogens is 1. The minimum absolute atomic E-state index is 0. The molecule has 0 saturated heterocycles. The van der Waals surface area contributed by atoms with Gasteiger partial charge in [0.2, 0.25) is 0 Å². The van der Waals surface area contributed by atoms with Crippen LogP contribution in [0.2, 0.25) is 5.02 Å². The number of hydrogen-bond donors (Lipinski definition) is 4. The van der Waals surface area contributed by atoms with Crippen molar-refractivity contribution in [1.82, 2.24) is 4.57 Å². The summed E-state index contributed by atoms with van der Waals surface area (Å²) in [5.74, 6) is -0.529. The highest BCUT2D eigenvalue weighted by molar-refractivity contribution is 8.24. The summed E-state index contributed by atoms with van der Waals surface area (Å²) < 4.78 is 22.0. The molecule has 130 valence electrons. The van der Waals surface area contributed by atoms with E-state index in [0.717, 1.165) is 5.56 Å². The predicted octanol–water partition coefficient (Wildman–Crippen LogP) is 3.24. The maximum atomic E-state index is 11.5. The molecule has 2 aromatic rings. The molecule has 0 fully saturated rings. The highest BCUT2D eigenvalue weighted by Crippen LogP contribution is 2.56. The van der Waals surface area contributed by atoms with Gasteiger partial charge in [-0.3, -0.25) is 19.3 Å². The van der Waals surface area contributed by atoms with Crippen LogP contribution >= 0.6 is 34.6 Å². The fraction of sp³-hybridized carbons (Fsp3) is 0.200. The van der Waals surface area contributed by atoms with Crippen LogP contribution in [0.15, 0.2) is 41.4 Å². The Kier molecular flexibility index (Phi) is 5.31. The highest BCUT2D eigenvalue weighted by Gasteiger charge is 2.31. The Bertz CT molecular complexity index is 854. The zero-order valence-corrected chi connectivity index (χ0v) is 14.9. The van der Waals surface area contributed by atoms with E-state index >= 15 is 0 Å². The predicted molar refractivity (Wildman–Crippen MR) is 96.2 cm³/mol. The Balaban J connectivity index is 0.00000208. The van der Waals surface area contributed by atoms with Gasteiger partial charge in [-0.15, -0.1) is 12.4 Å². The van der Waals surface area contributed by atoms with Gasteiger partial charge in [0.25, 0.3) is 5.91 Å². The van der Waals surface area contributed by atoms with Gasteiger partial charge in [-0.25, -0.2) is 0 Å². The van der Waals surface area contributed by atoms with Gasteiger partial charge in [-0.05, 0) is 24.1 Å². The first kappa shape index (κ1) is 18.8. The van der Waals surface area contributed by atoms with E-state index < -0.39 is 16.5 Å². The molecule has 0 aliphatic carbocycles. The molecule has 9 heteroatoms. The molecule has 6 nitrogen and oxygen atoms in total. The van der Waals surface area contributed by atoms with Crippen molar-refractivity contribution in [2.75, 3.05) is 5.75 Å². The lowest BCUT2D eigenvalue weighted by Crippen LogP contribution is -2.34. The van der Waals surface area contributed by atoms with Crippen LogP contribution in [0.5, 0.6) is 0 Å². The molecular formula is C15H17Cl2N3O3S. The molecule has 0 radical (unpaired) electrons. The number of amides is 1. The van der Waals surface area contributed by atoms with Crippen molar-refractivity contribution >= 4 is 40.5 Å². The monoisotopic (exact) mass is 389 g/mol. The number of fused-ring (bicyclic) bond motifs is 1. The van der Waals surface area contributed by atoms with Crippen molar-refractivity contribution in [3.05, 3.63) is 58.2 Å². The quantitative estimate of drug-likeness (QED) is 0.631. The van der Waals surface area contributed by atoms with Crippen molar-refractivity contribution in [3.8, 4) is 0 Å². The van der Waals surface area contributed by atoms with Crippen LogP contribution in [0, 0.1) is 5.41 Å². The summed E-state index contributed by atoms with van der Waals surface area (Å²) in [4.78, 5) is 12.0. The van der Waals surface area contributed by atoms with Crippen LogP contribution in [0.3, 0.4) is 0 Å². The Morgan fingerprint density at radius 3 is 2.71 bits per heavy atom. The second-order valence-corrected chi connectivity index (χ2v) is 8.02. The summed E-state index contributed by atoms with van der Waals surface area (Å²) in [7, 11) is -2.83. The third kappa shape index (κ3) is 3.18. The van der Waals surface area contributed by atoms with Crippen LogP contribution in [0.1, 0.15) is 28.4 Å². The second kappa shape index (κ2) is 6.78. The summed E-state index contributed by atoms with van der Waals surface area (Å²) in [5, 5.41) is 8.53. The van der Waals surface area contributed by atoms with Crippen molar-refractivity contribution in [2.24, 2.45) is 5.73 Å². The molecule has 0 saturated carbocycles. The van der Waals surface area contributed by atoms with Gasteiger partial charge < -0.3 is 10.3 Å². The highest BCUT2D eigenvalue weighted by atomic mass is 35.5. The minimum atomic E-state index is -2.83. The normalized spacial score (nSPS) is 19.7. The van der Waals surface area contributed by atoms with Crippen LogP contribution in [-0.2, 0) is 0 Å². The van der Waals surface area contributed by atoms with Crippen LogP contribution in [0.4, 0.5) is 0 Å². The van der Waals surface area contributed by atoms with E-state index in [0.29, 0.717) is 16.3 Å². The summed E-state index contributed by atoms with van der Waals surface area (Å²) in [6, 6.07) is 8.08. The summed E-state index contributed by atoms with van der Waals surface area (Å²) in [5.41, 5.74) is 6.02. The number of carbonyl (C=O) groups excluding carboxylic acids is 1. The third-order valence-electron chi connectivity index (χ3n) is 3.97. The number of rotatable bonds is 2. The Morgan fingerprint density at radius 1 is 1.38 bits per heavy atom. The molecule has 1 aliphatic rings. The lowest BCUT2D eigenvalue weighted by atomic mass is 10.0. The molecule has 1 aliphatic heterocycles. The first-order valence-corrected chi connectivity index (χ1v) is 9.01. The Morgan fingerprint density at radius 2 is 2.04 bits per heavy atom. The van der Waals surface area contributed by atoms with Gasteiger partial charge >= 0.3 is 0 Å². The van der Waals surface area contributed by atoms with Crippen LogP contribution < -0.4 is 11.2 Å². The average molecular weight is 390 g/mol. The van der Waals surface area contributed by atoms with E-state index in [1.807, 2.05) is 0 Å². The first-order chi connectivity index (χ1) is 10.8. The number of halogens is 2. The maximum Gasteiger partial charge on any atom is 0.252 e. The minimum Gasteiger partial charge on any atom is -0.365 e. The smallest absolute Gasteiger partial charge is 0.252 e. The third-order valence-corrected chi connectivity index (χ3v) is 6.05. The summed E-state index contributed by atoms with van der Waals surface area (Å²) in [6.45, 7) is 0. The maximum absolute atomic E-state index is 11.5. The molecule has 1 atom stereocenters. The summed E-state index contributed by atoms with van der Waals surface area (Å²) >= 11 is 6.06. The SMILES string of the molecule is Cl.N=c1c(C(N)=O)cc(Cl)cn1C1CCS(O)(O)c2ccccc21. The largest absolute Gasteiger partial charge is 0.365 e. The molecule has 0 spiro atoms. The lowest BCUT2D eigenvalue weighted by molar-refractivity contribution is 0.0997. The number of nitrogens with zero attached hydrogens (tertiary/aromatic N) is 1. The van der Waals surface area contributed by atoms with Crippen molar-refractivity contribution in [1.29, 1.82) is 5.41 Å². The van der Waals surface area contributed by atoms with Crippen molar-refractivity contribution < 1.29 is 13.9 Å². The van der Waals surface area contributed by atoms with E-state index in [9.17, 15) is 13.9 Å². The van der Waals surface area contributed by atoms with Crippen molar-refractivity contribution in [2.45, 2.75) is 17.4 Å². The second-order valence-electron chi connectivity index (χ2n) is 5.41. The number of primary amides is 1. The van der Waals surface area contributed by atoms with Gasteiger partial charge in [0, 0.05) is 11.9 Å². The Labute approximate surface area is 151 Å². The van der Waals surface area contributed by atoms with E-state index in [1.165, 1.54) is 6.07 Å². The number of nitrogens with two attached hydrogens (primary N) is 1. The fourth-order valence-corrected chi connectivity index (χ4v) is 4.76. The molecule has 0 bridgehead atoms. The van der Waals surface area contributed by atoms with Gasteiger partial charge in [0.1, 0.15) is 5.49 Å². The van der Waals surface area contributed by atoms with Gasteiger partial charge in [-0.2, -0.15) is 10.6 Å². The molecule has 2 heterocycles. The van der Waals surface area contributed by atoms with E-state index in [-0.39, 0.29) is 35.3 Å². The van der Waals surface area contributed by atoms with Gasteiger partial charge in [-0.1, -0.05) is 29.8 Å². The molecule has 5 N–H and O–H groups in total. The lowest BCUT2D eigenvalue weighted by Gasteiger charge is -2.41. The Hall–Kier alpha value is -1.51. The average Bonchev–Trinajstić information content (AvgIpc) is 2.50. The zero-order valence-electron chi connectivity index (χ0n) is 12.5.